The first kappa shape index (κ1) is 17.9. The number of aromatic nitrogens is 2. The maximum atomic E-state index is 11.8. The molecule has 3 aromatic rings. The van der Waals surface area contributed by atoms with Gasteiger partial charge < -0.3 is 0 Å². The van der Waals surface area contributed by atoms with E-state index in [1.54, 1.807) is 0 Å². The zero-order valence-corrected chi connectivity index (χ0v) is 16.0. The lowest BCUT2D eigenvalue weighted by Gasteiger charge is -2.31. The summed E-state index contributed by atoms with van der Waals surface area (Å²) in [5, 5.41) is 7.38. The highest BCUT2D eigenvalue weighted by atomic mass is 32.2. The van der Waals surface area contributed by atoms with E-state index in [0.29, 0.717) is 0 Å². The van der Waals surface area contributed by atoms with Gasteiger partial charge in [0.2, 0.25) is 10.0 Å². The van der Waals surface area contributed by atoms with Crippen LogP contribution >= 0.6 is 0 Å². The standard InChI is InChI=1S/C21H23N3O2S/c1-27(25,26)24-20-11-10-18-14-22-23-21(18)19(20)13-15-6-5-9-17(12-15)16-7-3-2-4-8-16/h2-9,12,14,19-20,24H,10-11,13H2,1H3,(H,22,23). The number of benzene rings is 2. The van der Waals surface area contributed by atoms with Gasteiger partial charge in [-0.2, -0.15) is 5.10 Å². The predicted molar refractivity (Wildman–Crippen MR) is 107 cm³/mol. The first-order valence-corrected chi connectivity index (χ1v) is 11.0. The zero-order valence-electron chi connectivity index (χ0n) is 15.2. The molecule has 2 unspecified atom stereocenters. The van der Waals surface area contributed by atoms with Gasteiger partial charge in [0.15, 0.2) is 0 Å². The number of hydrogen-bond acceptors (Lipinski definition) is 3. The van der Waals surface area contributed by atoms with E-state index in [1.807, 2.05) is 24.4 Å². The Morgan fingerprint density at radius 2 is 1.89 bits per heavy atom. The molecule has 4 rings (SSSR count). The molecular weight excluding hydrogens is 358 g/mol. The van der Waals surface area contributed by atoms with Crippen LogP contribution in [0.1, 0.15) is 29.2 Å². The molecule has 0 saturated heterocycles. The van der Waals surface area contributed by atoms with Crippen molar-refractivity contribution in [1.29, 1.82) is 0 Å². The number of hydrogen-bond donors (Lipinski definition) is 2. The number of fused-ring (bicyclic) bond motifs is 1. The quantitative estimate of drug-likeness (QED) is 0.712. The van der Waals surface area contributed by atoms with Crippen molar-refractivity contribution in [2.75, 3.05) is 6.26 Å². The molecule has 140 valence electrons. The fourth-order valence-corrected chi connectivity index (χ4v) is 4.80. The average Bonchev–Trinajstić information content (AvgIpc) is 3.13. The molecule has 1 aromatic heterocycles. The van der Waals surface area contributed by atoms with Gasteiger partial charge in [-0.25, -0.2) is 13.1 Å². The van der Waals surface area contributed by atoms with Crippen LogP contribution in [-0.2, 0) is 22.9 Å². The third-order valence-corrected chi connectivity index (χ3v) is 5.90. The molecule has 2 aromatic carbocycles. The van der Waals surface area contributed by atoms with Gasteiger partial charge in [0.25, 0.3) is 0 Å². The molecule has 5 nitrogen and oxygen atoms in total. The van der Waals surface area contributed by atoms with Crippen molar-refractivity contribution < 1.29 is 8.42 Å². The summed E-state index contributed by atoms with van der Waals surface area (Å²) in [6.07, 6.45) is 5.51. The van der Waals surface area contributed by atoms with E-state index in [0.717, 1.165) is 25.0 Å². The molecule has 0 saturated carbocycles. The van der Waals surface area contributed by atoms with Crippen LogP contribution in [0.2, 0.25) is 0 Å². The second kappa shape index (κ2) is 7.29. The summed E-state index contributed by atoms with van der Waals surface area (Å²) in [6.45, 7) is 0. The van der Waals surface area contributed by atoms with Crippen molar-refractivity contribution in [2.24, 2.45) is 0 Å². The van der Waals surface area contributed by atoms with Gasteiger partial charge >= 0.3 is 0 Å². The summed E-state index contributed by atoms with van der Waals surface area (Å²) >= 11 is 0. The van der Waals surface area contributed by atoms with Crippen molar-refractivity contribution in [3.8, 4) is 11.1 Å². The molecule has 1 heterocycles. The van der Waals surface area contributed by atoms with Gasteiger partial charge in [-0.05, 0) is 41.5 Å². The highest BCUT2D eigenvalue weighted by Crippen LogP contribution is 2.34. The highest BCUT2D eigenvalue weighted by Gasteiger charge is 2.33. The monoisotopic (exact) mass is 381 g/mol. The van der Waals surface area contributed by atoms with Crippen molar-refractivity contribution in [2.45, 2.75) is 31.2 Å². The minimum Gasteiger partial charge on any atom is -0.285 e. The smallest absolute Gasteiger partial charge is 0.208 e. The number of sulfonamides is 1. The number of nitrogens with zero attached hydrogens (tertiary/aromatic N) is 1. The maximum absolute atomic E-state index is 11.8. The molecule has 27 heavy (non-hydrogen) atoms. The van der Waals surface area contributed by atoms with E-state index in [4.69, 9.17) is 0 Å². The summed E-state index contributed by atoms with van der Waals surface area (Å²) in [7, 11) is -3.27. The van der Waals surface area contributed by atoms with E-state index in [2.05, 4.69) is 51.3 Å². The first-order valence-electron chi connectivity index (χ1n) is 9.14. The molecule has 2 atom stereocenters. The lowest BCUT2D eigenvalue weighted by atomic mass is 9.80. The minimum absolute atomic E-state index is 0.0146. The topological polar surface area (TPSA) is 74.8 Å². The fourth-order valence-electron chi connectivity index (χ4n) is 3.97. The van der Waals surface area contributed by atoms with E-state index in [-0.39, 0.29) is 12.0 Å². The SMILES string of the molecule is CS(=O)(=O)NC1CCc2c[nH]nc2C1Cc1cccc(-c2ccccc2)c1. The van der Waals surface area contributed by atoms with E-state index < -0.39 is 10.0 Å². The van der Waals surface area contributed by atoms with Crippen LogP contribution in [0.5, 0.6) is 0 Å². The van der Waals surface area contributed by atoms with Crippen LogP contribution in [0.3, 0.4) is 0 Å². The van der Waals surface area contributed by atoms with Crippen molar-refractivity contribution in [3.05, 3.63) is 77.6 Å². The van der Waals surface area contributed by atoms with Crippen LogP contribution in [0.25, 0.3) is 11.1 Å². The maximum Gasteiger partial charge on any atom is 0.208 e. The van der Waals surface area contributed by atoms with E-state index in [9.17, 15) is 8.42 Å². The number of nitrogens with one attached hydrogen (secondary N) is 2. The molecular formula is C21H23N3O2S. The average molecular weight is 382 g/mol. The molecule has 2 N–H and O–H groups in total. The lowest BCUT2D eigenvalue weighted by molar-refractivity contribution is 0.424. The summed E-state index contributed by atoms with van der Waals surface area (Å²) < 4.78 is 26.5. The fraction of sp³-hybridized carbons (Fsp3) is 0.286. The lowest BCUT2D eigenvalue weighted by Crippen LogP contribution is -2.42. The van der Waals surface area contributed by atoms with Crippen LogP contribution < -0.4 is 4.72 Å². The Morgan fingerprint density at radius 3 is 2.67 bits per heavy atom. The third kappa shape index (κ3) is 4.12. The number of aromatic amines is 1. The summed E-state index contributed by atoms with van der Waals surface area (Å²) in [4.78, 5) is 0. The molecule has 0 bridgehead atoms. The van der Waals surface area contributed by atoms with Gasteiger partial charge in [-0.1, -0.05) is 54.6 Å². The second-order valence-electron chi connectivity index (χ2n) is 7.21. The molecule has 0 amide bonds. The number of H-pyrrole nitrogens is 1. The Hall–Kier alpha value is -2.44. The Morgan fingerprint density at radius 1 is 1.11 bits per heavy atom. The molecule has 6 heteroatoms. The Kier molecular flexibility index (Phi) is 4.85. The van der Waals surface area contributed by atoms with Crippen molar-refractivity contribution in [1.82, 2.24) is 14.9 Å². The van der Waals surface area contributed by atoms with Crippen LogP contribution in [-0.4, -0.2) is 30.9 Å². The predicted octanol–water partition coefficient (Wildman–Crippen LogP) is 3.27. The van der Waals surface area contributed by atoms with Crippen LogP contribution in [0.4, 0.5) is 0 Å². The van der Waals surface area contributed by atoms with Gasteiger partial charge in [-0.15, -0.1) is 0 Å². The highest BCUT2D eigenvalue weighted by molar-refractivity contribution is 7.88. The van der Waals surface area contributed by atoms with Crippen LogP contribution in [0, 0.1) is 0 Å². The number of aryl methyl sites for hydroxylation is 1. The molecule has 0 aliphatic heterocycles. The number of rotatable bonds is 5. The third-order valence-electron chi connectivity index (χ3n) is 5.17. The minimum atomic E-state index is -3.27. The largest absolute Gasteiger partial charge is 0.285 e. The Balaban J connectivity index is 1.65. The molecule has 0 radical (unpaired) electrons. The summed E-state index contributed by atoms with van der Waals surface area (Å²) in [6, 6.07) is 18.6. The summed E-state index contributed by atoms with van der Waals surface area (Å²) in [5.74, 6) is 0.0146. The normalized spacial score (nSPS) is 19.6. The van der Waals surface area contributed by atoms with Gasteiger partial charge in [-0.3, -0.25) is 5.10 Å². The zero-order chi connectivity index (χ0) is 18.9. The second-order valence-corrected chi connectivity index (χ2v) is 8.99. The van der Waals surface area contributed by atoms with Crippen LogP contribution in [0.15, 0.2) is 60.8 Å². The molecule has 1 aliphatic rings. The molecule has 1 aliphatic carbocycles. The molecule has 0 fully saturated rings. The van der Waals surface area contributed by atoms with Gasteiger partial charge in [0.05, 0.1) is 11.9 Å². The van der Waals surface area contributed by atoms with E-state index in [1.165, 1.54) is 28.5 Å². The van der Waals surface area contributed by atoms with Gasteiger partial charge in [0, 0.05) is 18.2 Å². The Labute approximate surface area is 159 Å². The van der Waals surface area contributed by atoms with Crippen molar-refractivity contribution in [3.63, 3.8) is 0 Å². The van der Waals surface area contributed by atoms with Gasteiger partial charge in [0.1, 0.15) is 0 Å². The molecule has 0 spiro atoms. The van der Waals surface area contributed by atoms with E-state index >= 15 is 0 Å². The first-order chi connectivity index (χ1) is 13.0. The Bertz CT molecular complexity index is 1030. The van der Waals surface area contributed by atoms with Crippen molar-refractivity contribution >= 4 is 10.0 Å². The summed E-state index contributed by atoms with van der Waals surface area (Å²) in [5.41, 5.74) is 5.68.